The number of carbonyl (C=O) groups excluding carboxylic acids is 1. The quantitative estimate of drug-likeness (QED) is 0.777. The predicted octanol–water partition coefficient (Wildman–Crippen LogP) is 3.66. The summed E-state index contributed by atoms with van der Waals surface area (Å²) in [5, 5.41) is 0. The molecule has 0 amide bonds. The van der Waals surface area contributed by atoms with Crippen molar-refractivity contribution in [3.05, 3.63) is 30.1 Å². The van der Waals surface area contributed by atoms with E-state index in [4.69, 9.17) is 0 Å². The van der Waals surface area contributed by atoms with Gasteiger partial charge in [0.2, 0.25) is 0 Å². The molecule has 2 heteroatoms. The van der Waals surface area contributed by atoms with Gasteiger partial charge in [-0.15, -0.1) is 0 Å². The maximum absolute atomic E-state index is 11.9. The van der Waals surface area contributed by atoms with E-state index in [0.717, 1.165) is 12.0 Å². The third-order valence-electron chi connectivity index (χ3n) is 2.66. The third-order valence-corrected chi connectivity index (χ3v) is 2.66. The second-order valence-electron chi connectivity index (χ2n) is 6.15. The number of Topliss-reactive ketones (excluding diaryl/α,β-unsaturated/α-hetero) is 1. The summed E-state index contributed by atoms with van der Waals surface area (Å²) in [4.78, 5) is 15.9. The largest absolute Gasteiger partial charge is 0.299 e. The van der Waals surface area contributed by atoms with Gasteiger partial charge in [-0.25, -0.2) is 0 Å². The van der Waals surface area contributed by atoms with E-state index in [1.165, 1.54) is 0 Å². The summed E-state index contributed by atoms with van der Waals surface area (Å²) in [6.07, 6.45) is 5.78. The molecule has 0 N–H and O–H groups in total. The highest BCUT2D eigenvalue weighted by Crippen LogP contribution is 2.26. The van der Waals surface area contributed by atoms with Gasteiger partial charge in [0.25, 0.3) is 0 Å². The molecule has 1 heterocycles. The van der Waals surface area contributed by atoms with Crippen molar-refractivity contribution in [3.8, 4) is 0 Å². The summed E-state index contributed by atoms with van der Waals surface area (Å²) in [5.41, 5.74) is 1.31. The zero-order valence-corrected chi connectivity index (χ0v) is 11.4. The Kier molecular flexibility index (Phi) is 4.86. The molecule has 1 rings (SSSR count). The highest BCUT2D eigenvalue weighted by Gasteiger charge is 2.17. The monoisotopic (exact) mass is 233 g/mol. The van der Waals surface area contributed by atoms with Crippen LogP contribution >= 0.6 is 0 Å². The van der Waals surface area contributed by atoms with Crippen molar-refractivity contribution in [2.45, 2.75) is 47.0 Å². The zero-order chi connectivity index (χ0) is 12.9. The van der Waals surface area contributed by atoms with Gasteiger partial charge in [0.05, 0.1) is 0 Å². The van der Waals surface area contributed by atoms with Crippen LogP contribution in [0, 0.1) is 11.3 Å². The van der Waals surface area contributed by atoms with Crippen LogP contribution in [0.15, 0.2) is 24.5 Å². The van der Waals surface area contributed by atoms with E-state index in [1.54, 1.807) is 12.4 Å². The van der Waals surface area contributed by atoms with Crippen LogP contribution in [0.3, 0.4) is 0 Å². The minimum atomic E-state index is 0.300. The molecule has 0 fully saturated rings. The number of hydrogen-bond donors (Lipinski definition) is 0. The van der Waals surface area contributed by atoms with Gasteiger partial charge in [0.1, 0.15) is 5.78 Å². The summed E-state index contributed by atoms with van der Waals surface area (Å²) in [7, 11) is 0. The second-order valence-corrected chi connectivity index (χ2v) is 6.15. The van der Waals surface area contributed by atoms with Crippen molar-refractivity contribution in [1.29, 1.82) is 0 Å². The SMILES string of the molecule is CC(CC(=O)Cc1cccnc1)CC(C)(C)C. The Morgan fingerprint density at radius 2 is 2.12 bits per heavy atom. The van der Waals surface area contributed by atoms with Crippen molar-refractivity contribution in [1.82, 2.24) is 4.98 Å². The fourth-order valence-electron chi connectivity index (χ4n) is 2.31. The first kappa shape index (κ1) is 13.9. The maximum Gasteiger partial charge on any atom is 0.137 e. The molecular formula is C15H23NO. The van der Waals surface area contributed by atoms with E-state index in [9.17, 15) is 4.79 Å². The molecule has 17 heavy (non-hydrogen) atoms. The Hall–Kier alpha value is -1.18. The lowest BCUT2D eigenvalue weighted by Gasteiger charge is -2.22. The van der Waals surface area contributed by atoms with Crippen LogP contribution in [-0.2, 0) is 11.2 Å². The zero-order valence-electron chi connectivity index (χ0n) is 11.4. The summed E-state index contributed by atoms with van der Waals surface area (Å²) in [5.74, 6) is 0.772. The van der Waals surface area contributed by atoms with Crippen molar-refractivity contribution in [2.24, 2.45) is 11.3 Å². The van der Waals surface area contributed by atoms with Crippen LogP contribution in [0.25, 0.3) is 0 Å². The van der Waals surface area contributed by atoms with Gasteiger partial charge < -0.3 is 0 Å². The van der Waals surface area contributed by atoms with Crippen molar-refractivity contribution in [3.63, 3.8) is 0 Å². The molecule has 1 atom stereocenters. The average molecular weight is 233 g/mol. The Morgan fingerprint density at radius 3 is 2.65 bits per heavy atom. The molecule has 0 spiro atoms. The van der Waals surface area contributed by atoms with E-state index in [-0.39, 0.29) is 0 Å². The van der Waals surface area contributed by atoms with E-state index >= 15 is 0 Å². The molecular weight excluding hydrogens is 210 g/mol. The van der Waals surface area contributed by atoms with Gasteiger partial charge in [-0.3, -0.25) is 9.78 Å². The standard InChI is InChI=1S/C15H23NO/c1-12(10-15(2,3)4)8-14(17)9-13-6-5-7-16-11-13/h5-7,11-12H,8-10H2,1-4H3. The van der Waals surface area contributed by atoms with Gasteiger partial charge in [0, 0.05) is 25.2 Å². The van der Waals surface area contributed by atoms with Gasteiger partial charge in [-0.2, -0.15) is 0 Å². The molecule has 94 valence electrons. The van der Waals surface area contributed by atoms with Crippen LogP contribution in [0.5, 0.6) is 0 Å². The molecule has 0 saturated heterocycles. The number of nitrogens with zero attached hydrogens (tertiary/aromatic N) is 1. The van der Waals surface area contributed by atoms with Crippen molar-refractivity contribution >= 4 is 5.78 Å². The molecule has 0 radical (unpaired) electrons. The van der Waals surface area contributed by atoms with Crippen LogP contribution < -0.4 is 0 Å². The van der Waals surface area contributed by atoms with Crippen LogP contribution in [-0.4, -0.2) is 10.8 Å². The Labute approximate surface area is 104 Å². The third kappa shape index (κ3) is 6.20. The predicted molar refractivity (Wildman–Crippen MR) is 70.8 cm³/mol. The number of ketones is 1. The van der Waals surface area contributed by atoms with Crippen molar-refractivity contribution < 1.29 is 4.79 Å². The number of hydrogen-bond acceptors (Lipinski definition) is 2. The molecule has 0 aliphatic heterocycles. The molecule has 0 aliphatic carbocycles. The molecule has 0 aromatic carbocycles. The lowest BCUT2D eigenvalue weighted by Crippen LogP contribution is -2.15. The van der Waals surface area contributed by atoms with E-state index in [1.807, 2.05) is 12.1 Å². The van der Waals surface area contributed by atoms with Crippen LogP contribution in [0.1, 0.15) is 46.1 Å². The lowest BCUT2D eigenvalue weighted by atomic mass is 9.83. The molecule has 0 saturated carbocycles. The number of carbonyl (C=O) groups is 1. The minimum Gasteiger partial charge on any atom is -0.299 e. The Morgan fingerprint density at radius 1 is 1.41 bits per heavy atom. The summed E-state index contributed by atoms with van der Waals surface area (Å²) < 4.78 is 0. The normalized spacial score (nSPS) is 13.4. The highest BCUT2D eigenvalue weighted by molar-refractivity contribution is 5.80. The summed E-state index contributed by atoms with van der Waals surface area (Å²) in [6, 6.07) is 3.83. The summed E-state index contributed by atoms with van der Waals surface area (Å²) in [6.45, 7) is 8.81. The van der Waals surface area contributed by atoms with Gasteiger partial charge >= 0.3 is 0 Å². The molecule has 0 aliphatic rings. The molecule has 0 bridgehead atoms. The smallest absolute Gasteiger partial charge is 0.137 e. The van der Waals surface area contributed by atoms with E-state index in [2.05, 4.69) is 32.7 Å². The lowest BCUT2D eigenvalue weighted by molar-refractivity contribution is -0.119. The van der Waals surface area contributed by atoms with Crippen LogP contribution in [0.2, 0.25) is 0 Å². The average Bonchev–Trinajstić information content (AvgIpc) is 2.15. The topological polar surface area (TPSA) is 30.0 Å². The summed E-state index contributed by atoms with van der Waals surface area (Å²) >= 11 is 0. The minimum absolute atomic E-state index is 0.300. The first-order valence-corrected chi connectivity index (χ1v) is 6.27. The number of rotatable bonds is 5. The van der Waals surface area contributed by atoms with Crippen molar-refractivity contribution in [2.75, 3.05) is 0 Å². The molecule has 1 aromatic rings. The number of pyridine rings is 1. The first-order valence-electron chi connectivity index (χ1n) is 6.27. The molecule has 1 aromatic heterocycles. The van der Waals surface area contributed by atoms with Gasteiger partial charge in [0.15, 0.2) is 0 Å². The first-order chi connectivity index (χ1) is 7.87. The van der Waals surface area contributed by atoms with Gasteiger partial charge in [-0.1, -0.05) is 33.8 Å². The highest BCUT2D eigenvalue weighted by atomic mass is 16.1. The fraction of sp³-hybridized carbons (Fsp3) is 0.600. The van der Waals surface area contributed by atoms with E-state index in [0.29, 0.717) is 30.0 Å². The second kappa shape index (κ2) is 5.95. The van der Waals surface area contributed by atoms with Gasteiger partial charge in [-0.05, 0) is 29.4 Å². The molecule has 1 unspecified atom stereocenters. The number of aromatic nitrogens is 1. The molecule has 2 nitrogen and oxygen atoms in total. The maximum atomic E-state index is 11.9. The fourth-order valence-corrected chi connectivity index (χ4v) is 2.31. The van der Waals surface area contributed by atoms with Crippen LogP contribution in [0.4, 0.5) is 0 Å². The Bertz CT molecular complexity index is 351. The Balaban J connectivity index is 2.40. The van der Waals surface area contributed by atoms with E-state index < -0.39 is 0 Å².